The molecule has 0 unspecified atom stereocenters. The molecule has 1 aliphatic rings. The van der Waals surface area contributed by atoms with Crippen LogP contribution in [0.3, 0.4) is 0 Å². The second kappa shape index (κ2) is 15.3. The Morgan fingerprint density at radius 1 is 0.873 bits per heavy atom. The third-order valence-corrected chi connectivity index (χ3v) is 9.84. The molecule has 2 N–H and O–H groups in total. The number of pyridine rings is 3. The molecule has 1 saturated carbocycles. The van der Waals surface area contributed by atoms with Gasteiger partial charge in [0, 0.05) is 78.9 Å². The van der Waals surface area contributed by atoms with Gasteiger partial charge in [0.15, 0.2) is 0 Å². The summed E-state index contributed by atoms with van der Waals surface area (Å²) in [7, 11) is 8.29. The van der Waals surface area contributed by atoms with Crippen LogP contribution in [0.25, 0.3) is 22.0 Å². The summed E-state index contributed by atoms with van der Waals surface area (Å²) >= 11 is 0. The number of methoxy groups -OCH3 is 4. The number of hydrogen-bond donors (Lipinski definition) is 2. The van der Waals surface area contributed by atoms with Crippen molar-refractivity contribution in [3.63, 3.8) is 0 Å². The number of hydrogen-bond acceptors (Lipinski definition) is 11. The Kier molecular flexibility index (Phi) is 10.2. The Labute approximate surface area is 317 Å². The first kappa shape index (κ1) is 36.6. The Hall–Kier alpha value is -6.70. The zero-order valence-corrected chi connectivity index (χ0v) is 31.4. The van der Waals surface area contributed by atoms with Crippen LogP contribution in [0.15, 0.2) is 79.4 Å². The molecule has 2 aromatic carbocycles. The van der Waals surface area contributed by atoms with Crippen LogP contribution >= 0.6 is 0 Å². The largest absolute Gasteiger partial charge is 0.497 e. The first-order valence-corrected chi connectivity index (χ1v) is 17.6. The number of carboxylic acid groups (broad SMARTS) is 1. The third-order valence-electron chi connectivity index (χ3n) is 9.84. The average Bonchev–Trinajstić information content (AvgIpc) is 3.89. The van der Waals surface area contributed by atoms with E-state index in [4.69, 9.17) is 28.9 Å². The van der Waals surface area contributed by atoms with Crippen LogP contribution in [-0.2, 0) is 24.9 Å². The van der Waals surface area contributed by atoms with Crippen molar-refractivity contribution in [2.24, 2.45) is 13.0 Å². The van der Waals surface area contributed by atoms with Gasteiger partial charge in [-0.25, -0.2) is 19.7 Å². The molecule has 0 saturated heterocycles. The predicted octanol–water partition coefficient (Wildman–Crippen LogP) is 6.42. The number of benzene rings is 2. The van der Waals surface area contributed by atoms with E-state index in [1.807, 2.05) is 68.7 Å². The van der Waals surface area contributed by atoms with Crippen molar-refractivity contribution in [2.75, 3.05) is 38.7 Å². The lowest BCUT2D eigenvalue weighted by atomic mass is 10.0. The number of anilines is 2. The number of amides is 1. The van der Waals surface area contributed by atoms with Crippen molar-refractivity contribution in [3.8, 4) is 34.3 Å². The van der Waals surface area contributed by atoms with Crippen molar-refractivity contribution in [1.29, 1.82) is 0 Å². The van der Waals surface area contributed by atoms with Crippen LogP contribution < -0.4 is 29.2 Å². The van der Waals surface area contributed by atoms with Crippen LogP contribution in [0.4, 0.5) is 11.6 Å². The molecule has 4 heterocycles. The molecule has 55 heavy (non-hydrogen) atoms. The third kappa shape index (κ3) is 7.70. The van der Waals surface area contributed by atoms with Crippen LogP contribution in [-0.4, -0.2) is 70.2 Å². The number of carbonyl (C=O) groups excluding carboxylic acids is 1. The highest BCUT2D eigenvalue weighted by Gasteiger charge is 2.44. The maximum Gasteiger partial charge on any atom is 0.354 e. The second-order valence-electron chi connectivity index (χ2n) is 13.4. The number of ether oxygens (including phenoxy) is 4. The van der Waals surface area contributed by atoms with Crippen molar-refractivity contribution in [3.05, 3.63) is 107 Å². The number of fused-ring (bicyclic) bond motifs is 1. The molecule has 0 bridgehead atoms. The van der Waals surface area contributed by atoms with Crippen LogP contribution in [0, 0.1) is 12.8 Å². The molecular weight excluding hydrogens is 702 g/mol. The standard InChI is InChI=1S/C41H41N7O7/c1-23-11-35(41(50)51)42-18-32(23)34-12-26-13-38(46-40(49)31-16-30(31)27-17-44-47(2)20-27)43-19-33(26)39(45-34)48(21-24-7-9-28(52-3)14-36(24)54-5)22-25-8-10-29(53-4)15-37(25)55-6/h7-15,17-20,30-31H,16,21-22H2,1-6H3,(H,50,51)(H,43,46,49)/t30-,31+/m0/s1. The molecule has 0 aliphatic heterocycles. The van der Waals surface area contributed by atoms with Gasteiger partial charge < -0.3 is 34.3 Å². The van der Waals surface area contributed by atoms with Gasteiger partial charge in [0.05, 0.1) is 40.3 Å². The summed E-state index contributed by atoms with van der Waals surface area (Å²) in [4.78, 5) is 41.4. The van der Waals surface area contributed by atoms with Crippen LogP contribution in [0.2, 0.25) is 0 Å². The normalized spacial score (nSPS) is 14.7. The van der Waals surface area contributed by atoms with E-state index in [9.17, 15) is 14.7 Å². The minimum Gasteiger partial charge on any atom is -0.497 e. The number of nitrogens with one attached hydrogen (secondary N) is 1. The Morgan fingerprint density at radius 2 is 1.55 bits per heavy atom. The van der Waals surface area contributed by atoms with E-state index in [0.29, 0.717) is 69.9 Å². The number of aryl methyl sites for hydroxylation is 2. The van der Waals surface area contributed by atoms with E-state index in [1.165, 1.54) is 12.3 Å². The predicted molar refractivity (Wildman–Crippen MR) is 206 cm³/mol. The molecule has 0 radical (unpaired) electrons. The van der Waals surface area contributed by atoms with Crippen LogP contribution in [0.1, 0.15) is 45.1 Å². The van der Waals surface area contributed by atoms with E-state index < -0.39 is 5.97 Å². The van der Waals surface area contributed by atoms with Gasteiger partial charge in [0.25, 0.3) is 0 Å². The summed E-state index contributed by atoms with van der Waals surface area (Å²) in [6.07, 6.45) is 7.72. The molecule has 4 aromatic heterocycles. The van der Waals surface area contributed by atoms with Gasteiger partial charge in [-0.05, 0) is 78.2 Å². The van der Waals surface area contributed by atoms with Gasteiger partial charge in [0.1, 0.15) is 40.3 Å². The highest BCUT2D eigenvalue weighted by atomic mass is 16.5. The maximum atomic E-state index is 13.4. The SMILES string of the molecule is COc1ccc(CN(Cc2ccc(OC)cc2OC)c2nc(-c3cnc(C(=O)O)cc3C)cc3cc(NC(=O)[C@@H]4C[C@H]4c4cnn(C)c4)ncc23)c(OC)c1. The lowest BCUT2D eigenvalue weighted by Crippen LogP contribution is -2.24. The lowest BCUT2D eigenvalue weighted by molar-refractivity contribution is -0.117. The summed E-state index contributed by atoms with van der Waals surface area (Å²) in [6.45, 7) is 2.52. The summed E-state index contributed by atoms with van der Waals surface area (Å²) in [5.74, 6) is 2.23. The van der Waals surface area contributed by atoms with Gasteiger partial charge >= 0.3 is 5.97 Å². The Bertz CT molecular complexity index is 2360. The fourth-order valence-electron chi connectivity index (χ4n) is 6.81. The molecule has 6 aromatic rings. The molecule has 14 heteroatoms. The molecule has 2 atom stereocenters. The average molecular weight is 744 g/mol. The Balaban J connectivity index is 1.35. The topological polar surface area (TPSA) is 163 Å². The highest BCUT2D eigenvalue weighted by molar-refractivity contribution is 5.99. The van der Waals surface area contributed by atoms with Crippen molar-refractivity contribution < 1.29 is 33.6 Å². The molecule has 1 fully saturated rings. The number of nitrogens with zero attached hydrogens (tertiary/aromatic N) is 6. The van der Waals surface area contributed by atoms with E-state index in [2.05, 4.69) is 20.3 Å². The molecular formula is C41H41N7O7. The fourth-order valence-corrected chi connectivity index (χ4v) is 6.81. The monoisotopic (exact) mass is 743 g/mol. The van der Waals surface area contributed by atoms with Gasteiger partial charge in [0.2, 0.25) is 5.91 Å². The first-order valence-electron chi connectivity index (χ1n) is 17.6. The summed E-state index contributed by atoms with van der Waals surface area (Å²) in [5.41, 5.74) is 4.59. The number of rotatable bonds is 14. The summed E-state index contributed by atoms with van der Waals surface area (Å²) in [5, 5.41) is 18.4. The van der Waals surface area contributed by atoms with E-state index >= 15 is 0 Å². The number of carboxylic acids is 1. The second-order valence-corrected chi connectivity index (χ2v) is 13.4. The quantitative estimate of drug-likeness (QED) is 0.126. The number of carbonyl (C=O) groups is 2. The smallest absolute Gasteiger partial charge is 0.354 e. The first-order chi connectivity index (χ1) is 26.6. The van der Waals surface area contributed by atoms with Gasteiger partial charge in [-0.15, -0.1) is 0 Å². The zero-order valence-electron chi connectivity index (χ0n) is 31.4. The zero-order chi connectivity index (χ0) is 38.8. The van der Waals surface area contributed by atoms with Crippen LogP contribution in [0.5, 0.6) is 23.0 Å². The summed E-state index contributed by atoms with van der Waals surface area (Å²) < 4.78 is 24.3. The number of aromatic nitrogens is 5. The minimum absolute atomic E-state index is 0.0686. The van der Waals surface area contributed by atoms with Crippen molar-refractivity contribution in [2.45, 2.75) is 32.4 Å². The lowest BCUT2D eigenvalue weighted by Gasteiger charge is -2.28. The minimum atomic E-state index is -1.12. The number of aromatic carboxylic acids is 1. The van der Waals surface area contributed by atoms with Gasteiger partial charge in [-0.3, -0.25) is 9.48 Å². The molecule has 1 aliphatic carbocycles. The van der Waals surface area contributed by atoms with E-state index in [0.717, 1.165) is 28.5 Å². The van der Waals surface area contributed by atoms with Crippen molar-refractivity contribution >= 4 is 34.3 Å². The molecule has 14 nitrogen and oxygen atoms in total. The van der Waals surface area contributed by atoms with Gasteiger partial charge in [-0.2, -0.15) is 5.10 Å². The maximum absolute atomic E-state index is 13.4. The fraction of sp³-hybridized carbons (Fsp3) is 0.268. The summed E-state index contributed by atoms with van der Waals surface area (Å²) in [6, 6.07) is 16.6. The molecule has 7 rings (SSSR count). The molecule has 0 spiro atoms. The van der Waals surface area contributed by atoms with E-state index in [-0.39, 0.29) is 23.4 Å². The van der Waals surface area contributed by atoms with Crippen molar-refractivity contribution in [1.82, 2.24) is 24.7 Å². The highest BCUT2D eigenvalue weighted by Crippen LogP contribution is 2.48. The van der Waals surface area contributed by atoms with E-state index in [1.54, 1.807) is 45.5 Å². The molecule has 1 amide bonds. The Morgan fingerprint density at radius 3 is 2.11 bits per heavy atom. The van der Waals surface area contributed by atoms with Gasteiger partial charge in [-0.1, -0.05) is 0 Å². The molecule has 282 valence electrons.